The minimum absolute atomic E-state index is 0.0509. The number of rotatable bonds is 5. The molecule has 3 rings (SSSR count). The number of carbonyl (C=O) groups is 1. The predicted molar refractivity (Wildman–Crippen MR) is 82.7 cm³/mol. The Morgan fingerprint density at radius 2 is 1.80 bits per heavy atom. The Morgan fingerprint density at radius 1 is 1.15 bits per heavy atom. The molecule has 20 heavy (non-hydrogen) atoms. The molecule has 108 valence electrons. The molecule has 0 radical (unpaired) electrons. The molecule has 1 aromatic carbocycles. The predicted octanol–water partition coefficient (Wildman–Crippen LogP) is 2.70. The normalized spacial score (nSPS) is 22.4. The van der Waals surface area contributed by atoms with Crippen LogP contribution in [-0.4, -0.2) is 22.7 Å². The molecule has 1 amide bonds. The van der Waals surface area contributed by atoms with Gasteiger partial charge in [-0.25, -0.2) is 0 Å². The molecule has 0 atom stereocenters. The lowest BCUT2D eigenvalue weighted by atomic mass is 9.98. The number of nitrogens with two attached hydrogens (primary N) is 1. The zero-order valence-corrected chi connectivity index (χ0v) is 12.5. The van der Waals surface area contributed by atoms with Crippen molar-refractivity contribution < 1.29 is 4.79 Å². The Bertz CT molecular complexity index is 479. The van der Waals surface area contributed by atoms with E-state index in [-0.39, 0.29) is 10.7 Å². The van der Waals surface area contributed by atoms with Gasteiger partial charge in [0, 0.05) is 16.2 Å². The summed E-state index contributed by atoms with van der Waals surface area (Å²) in [6.45, 7) is 0.740. The van der Waals surface area contributed by atoms with Gasteiger partial charge in [-0.05, 0) is 37.8 Å². The number of carbonyl (C=O) groups excluding carboxylic acids is 1. The van der Waals surface area contributed by atoms with Crippen LogP contribution in [0.3, 0.4) is 0 Å². The van der Waals surface area contributed by atoms with Gasteiger partial charge in [-0.3, -0.25) is 4.79 Å². The van der Waals surface area contributed by atoms with Crippen molar-refractivity contribution in [2.75, 3.05) is 6.54 Å². The van der Waals surface area contributed by atoms with E-state index in [1.54, 1.807) is 0 Å². The number of hydrogen-bond donors (Lipinski definition) is 2. The standard InChI is InChI=1S/C16H22N2OS/c17-16(8-4-5-9-16)14(19)18-12-15(10-11-15)20-13-6-2-1-3-7-13/h1-3,6-7H,4-5,8-12,17H2,(H,18,19). The van der Waals surface area contributed by atoms with Gasteiger partial charge in [0.1, 0.15) is 0 Å². The number of nitrogens with one attached hydrogen (secondary N) is 1. The summed E-state index contributed by atoms with van der Waals surface area (Å²) in [5, 5.41) is 3.10. The zero-order valence-electron chi connectivity index (χ0n) is 11.7. The molecule has 1 aromatic rings. The maximum atomic E-state index is 12.2. The average Bonchev–Trinajstić information content (AvgIpc) is 3.07. The third-order valence-corrected chi connectivity index (χ3v) is 5.90. The first-order chi connectivity index (χ1) is 9.62. The molecule has 2 saturated carbocycles. The maximum absolute atomic E-state index is 12.2. The molecule has 2 fully saturated rings. The summed E-state index contributed by atoms with van der Waals surface area (Å²) in [5.74, 6) is 0.0509. The molecular weight excluding hydrogens is 268 g/mol. The van der Waals surface area contributed by atoms with Crippen LogP contribution in [0, 0.1) is 0 Å². The van der Waals surface area contributed by atoms with E-state index in [1.165, 1.54) is 17.7 Å². The number of benzene rings is 1. The van der Waals surface area contributed by atoms with E-state index in [4.69, 9.17) is 5.73 Å². The van der Waals surface area contributed by atoms with Gasteiger partial charge in [0.05, 0.1) is 5.54 Å². The molecule has 4 heteroatoms. The van der Waals surface area contributed by atoms with Crippen molar-refractivity contribution in [2.24, 2.45) is 5.73 Å². The molecule has 2 aliphatic rings. The van der Waals surface area contributed by atoms with Crippen LogP contribution in [0.4, 0.5) is 0 Å². The van der Waals surface area contributed by atoms with Crippen molar-refractivity contribution in [1.29, 1.82) is 0 Å². The van der Waals surface area contributed by atoms with E-state index in [0.717, 1.165) is 32.2 Å². The Balaban J connectivity index is 1.54. The van der Waals surface area contributed by atoms with Crippen LogP contribution in [0.2, 0.25) is 0 Å². The van der Waals surface area contributed by atoms with E-state index in [1.807, 2.05) is 17.8 Å². The molecule has 0 aromatic heterocycles. The lowest BCUT2D eigenvalue weighted by Gasteiger charge is -2.24. The van der Waals surface area contributed by atoms with Gasteiger partial charge in [-0.15, -0.1) is 11.8 Å². The zero-order chi connectivity index (χ0) is 14.1. The van der Waals surface area contributed by atoms with Crippen molar-refractivity contribution in [3.8, 4) is 0 Å². The molecule has 0 unspecified atom stereocenters. The van der Waals surface area contributed by atoms with Crippen molar-refractivity contribution in [3.63, 3.8) is 0 Å². The molecule has 0 heterocycles. The number of hydrogen-bond acceptors (Lipinski definition) is 3. The highest BCUT2D eigenvalue weighted by atomic mass is 32.2. The first-order valence-corrected chi connectivity index (χ1v) is 8.25. The summed E-state index contributed by atoms with van der Waals surface area (Å²) >= 11 is 1.88. The van der Waals surface area contributed by atoms with Gasteiger partial charge in [0.25, 0.3) is 0 Å². The molecule has 0 aliphatic heterocycles. The van der Waals surface area contributed by atoms with Crippen molar-refractivity contribution in [1.82, 2.24) is 5.32 Å². The topological polar surface area (TPSA) is 55.1 Å². The van der Waals surface area contributed by atoms with E-state index in [9.17, 15) is 4.79 Å². The fraction of sp³-hybridized carbons (Fsp3) is 0.562. The highest BCUT2D eigenvalue weighted by Crippen LogP contribution is 2.51. The molecule has 2 aliphatic carbocycles. The van der Waals surface area contributed by atoms with Crippen molar-refractivity contribution >= 4 is 17.7 Å². The molecular formula is C16H22N2OS. The summed E-state index contributed by atoms with van der Waals surface area (Å²) < 4.78 is 0.200. The maximum Gasteiger partial charge on any atom is 0.240 e. The monoisotopic (exact) mass is 290 g/mol. The van der Waals surface area contributed by atoms with E-state index in [0.29, 0.717) is 0 Å². The first-order valence-electron chi connectivity index (χ1n) is 7.43. The highest BCUT2D eigenvalue weighted by molar-refractivity contribution is 8.01. The quantitative estimate of drug-likeness (QED) is 0.876. The van der Waals surface area contributed by atoms with Crippen LogP contribution >= 0.6 is 11.8 Å². The Morgan fingerprint density at radius 3 is 2.40 bits per heavy atom. The van der Waals surface area contributed by atoms with Crippen LogP contribution in [-0.2, 0) is 4.79 Å². The van der Waals surface area contributed by atoms with Gasteiger partial charge in [0.15, 0.2) is 0 Å². The summed E-state index contributed by atoms with van der Waals surface area (Å²) in [6, 6.07) is 10.4. The third kappa shape index (κ3) is 3.01. The summed E-state index contributed by atoms with van der Waals surface area (Å²) in [5.41, 5.74) is 5.58. The van der Waals surface area contributed by atoms with Gasteiger partial charge in [0.2, 0.25) is 5.91 Å². The Hall–Kier alpha value is -1.00. The summed E-state index contributed by atoms with van der Waals surface area (Å²) in [6.07, 6.45) is 6.16. The molecule has 0 saturated heterocycles. The van der Waals surface area contributed by atoms with Crippen LogP contribution in [0.25, 0.3) is 0 Å². The first kappa shape index (κ1) is 14.0. The average molecular weight is 290 g/mol. The fourth-order valence-electron chi connectivity index (χ4n) is 2.84. The lowest BCUT2D eigenvalue weighted by Crippen LogP contribution is -2.53. The minimum Gasteiger partial charge on any atom is -0.353 e. The van der Waals surface area contributed by atoms with Crippen LogP contribution in [0.1, 0.15) is 38.5 Å². The second kappa shape index (κ2) is 5.41. The summed E-state index contributed by atoms with van der Waals surface area (Å²) in [4.78, 5) is 13.5. The molecule has 0 bridgehead atoms. The molecule has 3 N–H and O–H groups in total. The van der Waals surface area contributed by atoms with Gasteiger partial charge in [-0.2, -0.15) is 0 Å². The van der Waals surface area contributed by atoms with Crippen molar-refractivity contribution in [2.45, 2.75) is 53.7 Å². The molecule has 0 spiro atoms. The van der Waals surface area contributed by atoms with Crippen LogP contribution in [0.5, 0.6) is 0 Å². The number of thioether (sulfide) groups is 1. The van der Waals surface area contributed by atoms with E-state index >= 15 is 0 Å². The van der Waals surface area contributed by atoms with Gasteiger partial charge >= 0.3 is 0 Å². The van der Waals surface area contributed by atoms with Crippen LogP contribution < -0.4 is 11.1 Å². The molecule has 3 nitrogen and oxygen atoms in total. The second-order valence-corrected chi connectivity index (χ2v) is 7.69. The summed E-state index contributed by atoms with van der Waals surface area (Å²) in [7, 11) is 0. The largest absolute Gasteiger partial charge is 0.353 e. The lowest BCUT2D eigenvalue weighted by molar-refractivity contribution is -0.126. The fourth-order valence-corrected chi connectivity index (χ4v) is 4.09. The van der Waals surface area contributed by atoms with Crippen LogP contribution in [0.15, 0.2) is 35.2 Å². The second-order valence-electron chi connectivity index (χ2n) is 6.14. The Kier molecular flexibility index (Phi) is 3.78. The SMILES string of the molecule is NC1(C(=O)NCC2(Sc3ccccc3)CC2)CCCC1. The Labute approximate surface area is 124 Å². The third-order valence-electron chi connectivity index (χ3n) is 4.40. The van der Waals surface area contributed by atoms with Crippen molar-refractivity contribution in [3.05, 3.63) is 30.3 Å². The van der Waals surface area contributed by atoms with E-state index in [2.05, 4.69) is 29.6 Å². The van der Waals surface area contributed by atoms with Gasteiger partial charge < -0.3 is 11.1 Å². The smallest absolute Gasteiger partial charge is 0.240 e. The van der Waals surface area contributed by atoms with E-state index < -0.39 is 5.54 Å². The number of amides is 1. The minimum atomic E-state index is -0.604. The highest BCUT2D eigenvalue weighted by Gasteiger charge is 2.45. The van der Waals surface area contributed by atoms with Gasteiger partial charge in [-0.1, -0.05) is 31.0 Å².